The molecule has 0 saturated carbocycles. The van der Waals surface area contributed by atoms with Crippen LogP contribution in [0.4, 0.5) is 15.8 Å². The first-order valence-corrected chi connectivity index (χ1v) is 7.02. The molecule has 0 aliphatic heterocycles. The Kier molecular flexibility index (Phi) is 5.48. The third-order valence-corrected chi connectivity index (χ3v) is 3.32. The lowest BCUT2D eigenvalue weighted by molar-refractivity contribution is -0.384. The lowest BCUT2D eigenvalue weighted by atomic mass is 10.2. The van der Waals surface area contributed by atoms with Crippen LogP contribution < -0.4 is 10.6 Å². The van der Waals surface area contributed by atoms with Gasteiger partial charge in [0.2, 0.25) is 5.91 Å². The number of hydrogen-bond donors (Lipinski definition) is 2. The third kappa shape index (κ3) is 4.93. The van der Waals surface area contributed by atoms with Gasteiger partial charge in [-0.1, -0.05) is 23.7 Å². The summed E-state index contributed by atoms with van der Waals surface area (Å²) in [5, 5.41) is 16.2. The van der Waals surface area contributed by atoms with Gasteiger partial charge in [-0.3, -0.25) is 14.9 Å². The number of hydrogen-bond acceptors (Lipinski definition) is 4. The smallest absolute Gasteiger partial charge is 0.289 e. The minimum atomic E-state index is -0.595. The summed E-state index contributed by atoms with van der Waals surface area (Å²) < 4.78 is 12.8. The summed E-state index contributed by atoms with van der Waals surface area (Å²) >= 11 is 5.71. The molecular formula is C15H13ClFN3O3. The number of nitrogens with one attached hydrogen (secondary N) is 2. The van der Waals surface area contributed by atoms with Crippen molar-refractivity contribution < 1.29 is 14.1 Å². The highest BCUT2D eigenvalue weighted by molar-refractivity contribution is 6.32. The maximum atomic E-state index is 12.8. The number of anilines is 1. The Bertz CT molecular complexity index is 722. The Morgan fingerprint density at radius 2 is 1.91 bits per heavy atom. The van der Waals surface area contributed by atoms with Crippen LogP contribution in [-0.2, 0) is 11.3 Å². The van der Waals surface area contributed by atoms with Crippen LogP contribution in [0.15, 0.2) is 42.5 Å². The molecule has 2 N–H and O–H groups in total. The van der Waals surface area contributed by atoms with Crippen molar-refractivity contribution in [1.29, 1.82) is 0 Å². The highest BCUT2D eigenvalue weighted by Gasteiger charge is 2.13. The van der Waals surface area contributed by atoms with Gasteiger partial charge in [0.25, 0.3) is 5.69 Å². The monoisotopic (exact) mass is 337 g/mol. The second-order valence-electron chi connectivity index (χ2n) is 4.68. The van der Waals surface area contributed by atoms with E-state index in [4.69, 9.17) is 11.6 Å². The molecule has 0 aliphatic carbocycles. The summed E-state index contributed by atoms with van der Waals surface area (Å²) in [5.74, 6) is -0.641. The molecule has 2 aromatic carbocycles. The van der Waals surface area contributed by atoms with Crippen molar-refractivity contribution in [2.45, 2.75) is 6.54 Å². The van der Waals surface area contributed by atoms with E-state index in [1.807, 2.05) is 0 Å². The normalized spacial score (nSPS) is 10.2. The van der Waals surface area contributed by atoms with Crippen molar-refractivity contribution in [3.05, 3.63) is 69.0 Å². The standard InChI is InChI=1S/C15H13ClFN3O3/c16-13-6-5-12(7-14(13)20(22)23)18-9-15(21)19-8-10-1-3-11(17)4-2-10/h1-7,18H,8-9H2,(H,19,21). The van der Waals surface area contributed by atoms with E-state index in [0.29, 0.717) is 5.69 Å². The summed E-state index contributed by atoms with van der Waals surface area (Å²) in [6.45, 7) is 0.210. The Balaban J connectivity index is 1.85. The number of nitro groups is 1. The van der Waals surface area contributed by atoms with E-state index in [2.05, 4.69) is 10.6 Å². The number of rotatable bonds is 6. The summed E-state index contributed by atoms with van der Waals surface area (Å²) in [5.41, 5.74) is 0.947. The summed E-state index contributed by atoms with van der Waals surface area (Å²) in [6, 6.07) is 9.97. The van der Waals surface area contributed by atoms with Crippen LogP contribution in [0.25, 0.3) is 0 Å². The Morgan fingerprint density at radius 3 is 2.57 bits per heavy atom. The molecule has 1 amide bonds. The summed E-state index contributed by atoms with van der Waals surface area (Å²) in [6.07, 6.45) is 0. The van der Waals surface area contributed by atoms with Crippen LogP contribution in [0, 0.1) is 15.9 Å². The van der Waals surface area contributed by atoms with Crippen LogP contribution in [-0.4, -0.2) is 17.4 Å². The van der Waals surface area contributed by atoms with E-state index in [1.165, 1.54) is 24.3 Å². The van der Waals surface area contributed by atoms with E-state index in [0.717, 1.165) is 5.56 Å². The van der Waals surface area contributed by atoms with Crippen molar-refractivity contribution in [1.82, 2.24) is 5.32 Å². The first-order chi connectivity index (χ1) is 11.0. The minimum Gasteiger partial charge on any atom is -0.376 e. The number of halogens is 2. The van der Waals surface area contributed by atoms with Crippen LogP contribution in [0.5, 0.6) is 0 Å². The highest BCUT2D eigenvalue weighted by atomic mass is 35.5. The van der Waals surface area contributed by atoms with Gasteiger partial charge in [0.1, 0.15) is 10.8 Å². The van der Waals surface area contributed by atoms with Crippen LogP contribution in [0.2, 0.25) is 5.02 Å². The van der Waals surface area contributed by atoms with Gasteiger partial charge in [-0.05, 0) is 29.8 Å². The Hall–Kier alpha value is -2.67. The van der Waals surface area contributed by atoms with Crippen LogP contribution in [0.1, 0.15) is 5.56 Å². The molecule has 2 rings (SSSR count). The van der Waals surface area contributed by atoms with Crippen molar-refractivity contribution in [3.63, 3.8) is 0 Å². The van der Waals surface area contributed by atoms with Crippen molar-refractivity contribution in [2.75, 3.05) is 11.9 Å². The molecule has 0 saturated heterocycles. The van der Waals surface area contributed by atoms with Crippen LogP contribution in [0.3, 0.4) is 0 Å². The van der Waals surface area contributed by atoms with Gasteiger partial charge in [-0.25, -0.2) is 4.39 Å². The molecule has 23 heavy (non-hydrogen) atoms. The zero-order chi connectivity index (χ0) is 16.8. The molecule has 0 aromatic heterocycles. The van der Waals surface area contributed by atoms with E-state index >= 15 is 0 Å². The van der Waals surface area contributed by atoms with Gasteiger partial charge in [0, 0.05) is 18.3 Å². The van der Waals surface area contributed by atoms with E-state index in [-0.39, 0.29) is 35.5 Å². The fraction of sp³-hybridized carbons (Fsp3) is 0.133. The average molecular weight is 338 g/mol. The largest absolute Gasteiger partial charge is 0.376 e. The van der Waals surface area contributed by atoms with Gasteiger partial charge in [0.15, 0.2) is 0 Å². The number of carbonyl (C=O) groups is 1. The quantitative estimate of drug-likeness (QED) is 0.626. The number of nitrogens with zero attached hydrogens (tertiary/aromatic N) is 1. The molecule has 2 aromatic rings. The first-order valence-electron chi connectivity index (χ1n) is 6.64. The molecule has 8 heteroatoms. The predicted octanol–water partition coefficient (Wildman–Crippen LogP) is 3.12. The van der Waals surface area contributed by atoms with E-state index < -0.39 is 4.92 Å². The third-order valence-electron chi connectivity index (χ3n) is 3.00. The first kappa shape index (κ1) is 16.7. The predicted molar refractivity (Wildman–Crippen MR) is 84.8 cm³/mol. The number of amides is 1. The van der Waals surface area contributed by atoms with Crippen LogP contribution >= 0.6 is 11.6 Å². The van der Waals surface area contributed by atoms with Crippen molar-refractivity contribution in [3.8, 4) is 0 Å². The number of carbonyl (C=O) groups excluding carboxylic acids is 1. The molecule has 0 radical (unpaired) electrons. The van der Waals surface area contributed by atoms with Gasteiger partial charge >= 0.3 is 0 Å². The molecule has 0 unspecified atom stereocenters. The minimum absolute atomic E-state index is 0.0290. The summed E-state index contributed by atoms with van der Waals surface area (Å²) in [4.78, 5) is 21.9. The summed E-state index contributed by atoms with van der Waals surface area (Å²) in [7, 11) is 0. The highest BCUT2D eigenvalue weighted by Crippen LogP contribution is 2.27. The van der Waals surface area contributed by atoms with Crippen molar-refractivity contribution >= 4 is 28.9 Å². The molecule has 0 spiro atoms. The maximum absolute atomic E-state index is 12.8. The molecule has 0 fully saturated rings. The number of benzene rings is 2. The van der Waals surface area contributed by atoms with Gasteiger partial charge in [-0.15, -0.1) is 0 Å². The van der Waals surface area contributed by atoms with Gasteiger partial charge < -0.3 is 10.6 Å². The number of nitro benzene ring substituents is 1. The zero-order valence-corrected chi connectivity index (χ0v) is 12.6. The van der Waals surface area contributed by atoms with Gasteiger partial charge in [0.05, 0.1) is 11.5 Å². The fourth-order valence-electron chi connectivity index (χ4n) is 1.81. The SMILES string of the molecule is O=C(CNc1ccc(Cl)c([N+](=O)[O-])c1)NCc1ccc(F)cc1. The second kappa shape index (κ2) is 7.55. The topological polar surface area (TPSA) is 84.3 Å². The van der Waals surface area contributed by atoms with Gasteiger partial charge in [-0.2, -0.15) is 0 Å². The van der Waals surface area contributed by atoms with E-state index in [9.17, 15) is 19.3 Å². The molecule has 0 aliphatic rings. The van der Waals surface area contributed by atoms with E-state index in [1.54, 1.807) is 18.2 Å². The second-order valence-corrected chi connectivity index (χ2v) is 5.09. The fourth-order valence-corrected chi connectivity index (χ4v) is 2.00. The molecule has 6 nitrogen and oxygen atoms in total. The molecule has 0 atom stereocenters. The lowest BCUT2D eigenvalue weighted by Gasteiger charge is -2.08. The lowest BCUT2D eigenvalue weighted by Crippen LogP contribution is -2.29. The Morgan fingerprint density at radius 1 is 1.22 bits per heavy atom. The zero-order valence-electron chi connectivity index (χ0n) is 11.9. The molecule has 120 valence electrons. The maximum Gasteiger partial charge on any atom is 0.289 e. The van der Waals surface area contributed by atoms with Crippen molar-refractivity contribution in [2.24, 2.45) is 0 Å². The Labute approximate surface area is 136 Å². The molecule has 0 heterocycles. The average Bonchev–Trinajstić information content (AvgIpc) is 2.53. The molecular weight excluding hydrogens is 325 g/mol. The molecule has 0 bridgehead atoms.